The first-order valence-electron chi connectivity index (χ1n) is 8.61. The van der Waals surface area contributed by atoms with Crippen LogP contribution in [0.2, 0.25) is 0 Å². The summed E-state index contributed by atoms with van der Waals surface area (Å²) in [7, 11) is 1.31. The maximum Gasteiger partial charge on any atom is 0.341 e. The Labute approximate surface area is 149 Å². The van der Waals surface area contributed by atoms with E-state index in [1.165, 1.54) is 7.11 Å². The monoisotopic (exact) mass is 351 g/mol. The van der Waals surface area contributed by atoms with Gasteiger partial charge in [-0.05, 0) is 51.8 Å². The quantitative estimate of drug-likeness (QED) is 0.685. The molecule has 0 aliphatic carbocycles. The first-order valence-corrected chi connectivity index (χ1v) is 8.61. The highest BCUT2D eigenvalue weighted by molar-refractivity contribution is 5.99. The van der Waals surface area contributed by atoms with E-state index < -0.39 is 11.6 Å². The minimum absolute atomic E-state index is 0.0883. The van der Waals surface area contributed by atoms with Crippen molar-refractivity contribution in [2.24, 2.45) is 0 Å². The first kappa shape index (κ1) is 21.0. The molecule has 0 bridgehead atoms. The smallest absolute Gasteiger partial charge is 0.341 e. The van der Waals surface area contributed by atoms with E-state index in [-0.39, 0.29) is 17.6 Å². The lowest BCUT2D eigenvalue weighted by molar-refractivity contribution is -0.139. The van der Waals surface area contributed by atoms with E-state index in [0.29, 0.717) is 24.5 Å². The zero-order valence-electron chi connectivity index (χ0n) is 16.0. The van der Waals surface area contributed by atoms with Gasteiger partial charge in [-0.2, -0.15) is 0 Å². The second-order valence-corrected chi connectivity index (χ2v) is 6.26. The summed E-state index contributed by atoms with van der Waals surface area (Å²) in [4.78, 5) is 24.6. The summed E-state index contributed by atoms with van der Waals surface area (Å²) >= 11 is 0. The number of methoxy groups -OCH3 is 1. The highest BCUT2D eigenvalue weighted by Gasteiger charge is 2.32. The average Bonchev–Trinajstić information content (AvgIpc) is 2.59. The van der Waals surface area contributed by atoms with Crippen LogP contribution in [0.15, 0.2) is 18.2 Å². The Kier molecular flexibility index (Phi) is 7.90. The van der Waals surface area contributed by atoms with E-state index in [1.807, 2.05) is 27.7 Å². The molecule has 6 nitrogen and oxygen atoms in total. The van der Waals surface area contributed by atoms with Gasteiger partial charge in [0.15, 0.2) is 0 Å². The highest BCUT2D eigenvalue weighted by atomic mass is 16.5. The first-order chi connectivity index (χ1) is 11.8. The summed E-state index contributed by atoms with van der Waals surface area (Å²) in [5, 5.41) is 2.81. The minimum atomic E-state index is -0.922. The summed E-state index contributed by atoms with van der Waals surface area (Å²) in [6, 6.07) is 4.90. The van der Waals surface area contributed by atoms with Crippen molar-refractivity contribution >= 4 is 17.6 Å². The van der Waals surface area contributed by atoms with Crippen LogP contribution in [0.3, 0.4) is 0 Å². The van der Waals surface area contributed by atoms with Crippen molar-refractivity contribution in [1.82, 2.24) is 0 Å². The number of carbonyl (C=O) groups excluding carboxylic acids is 2. The molecule has 1 aromatic rings. The molecule has 140 valence electrons. The van der Waals surface area contributed by atoms with Gasteiger partial charge in [-0.25, -0.2) is 4.79 Å². The number of ether oxygens (including phenoxy) is 3. The van der Waals surface area contributed by atoms with Crippen molar-refractivity contribution in [1.29, 1.82) is 0 Å². The Morgan fingerprint density at radius 1 is 1.24 bits per heavy atom. The molecule has 6 heteroatoms. The van der Waals surface area contributed by atoms with Gasteiger partial charge in [0.1, 0.15) is 16.9 Å². The number of rotatable bonds is 9. The zero-order chi connectivity index (χ0) is 19.0. The van der Waals surface area contributed by atoms with Gasteiger partial charge in [-0.15, -0.1) is 0 Å². The lowest BCUT2D eigenvalue weighted by atomic mass is 10.0. The van der Waals surface area contributed by atoms with Crippen LogP contribution in [0, 0.1) is 0 Å². The molecule has 0 heterocycles. The van der Waals surface area contributed by atoms with Gasteiger partial charge in [-0.3, -0.25) is 4.79 Å². The molecule has 0 radical (unpaired) electrons. The predicted octanol–water partition coefficient (Wildman–Crippen LogP) is 3.79. The standard InChI is InChI=1S/C19H29NO5/c1-7-11-24-19(5,8-2)18(22)20-14-9-10-16(25-13(3)4)15(12-14)17(21)23-6/h9-10,12-13H,7-8,11H2,1-6H3,(H,20,22)/t19-/m0/s1. The van der Waals surface area contributed by atoms with Crippen LogP contribution in [0.25, 0.3) is 0 Å². The van der Waals surface area contributed by atoms with Crippen LogP contribution in [0.1, 0.15) is 57.8 Å². The predicted molar refractivity (Wildman–Crippen MR) is 97.1 cm³/mol. The third-order valence-electron chi connectivity index (χ3n) is 3.79. The minimum Gasteiger partial charge on any atom is -0.490 e. The van der Waals surface area contributed by atoms with Gasteiger partial charge in [0, 0.05) is 12.3 Å². The van der Waals surface area contributed by atoms with Crippen molar-refractivity contribution in [2.45, 2.75) is 59.2 Å². The van der Waals surface area contributed by atoms with Gasteiger partial charge >= 0.3 is 5.97 Å². The SMILES string of the molecule is CCCO[C@@](C)(CC)C(=O)Nc1ccc(OC(C)C)c(C(=O)OC)c1. The lowest BCUT2D eigenvalue weighted by Gasteiger charge is -2.27. The van der Waals surface area contributed by atoms with E-state index in [1.54, 1.807) is 25.1 Å². The third kappa shape index (κ3) is 5.74. The van der Waals surface area contributed by atoms with Crippen LogP contribution in [0.4, 0.5) is 5.69 Å². The van der Waals surface area contributed by atoms with Crippen molar-refractivity contribution in [2.75, 3.05) is 19.0 Å². The molecule has 1 rings (SSSR count). The fourth-order valence-electron chi connectivity index (χ4n) is 2.15. The van der Waals surface area contributed by atoms with Gasteiger partial charge in [0.05, 0.1) is 13.2 Å². The van der Waals surface area contributed by atoms with E-state index in [4.69, 9.17) is 14.2 Å². The molecular formula is C19H29NO5. The Hall–Kier alpha value is -2.08. The number of hydrogen-bond acceptors (Lipinski definition) is 5. The van der Waals surface area contributed by atoms with Crippen molar-refractivity contribution in [3.8, 4) is 5.75 Å². The number of hydrogen-bond donors (Lipinski definition) is 1. The van der Waals surface area contributed by atoms with Crippen molar-refractivity contribution in [3.63, 3.8) is 0 Å². The largest absolute Gasteiger partial charge is 0.490 e. The Morgan fingerprint density at radius 2 is 1.92 bits per heavy atom. The summed E-state index contributed by atoms with van der Waals surface area (Å²) in [5.74, 6) is -0.357. The van der Waals surface area contributed by atoms with Crippen LogP contribution < -0.4 is 10.1 Å². The Balaban J connectivity index is 3.05. The number of nitrogens with one attached hydrogen (secondary N) is 1. The fourth-order valence-corrected chi connectivity index (χ4v) is 2.15. The molecule has 0 fully saturated rings. The molecule has 1 N–H and O–H groups in total. The number of carbonyl (C=O) groups is 2. The summed E-state index contributed by atoms with van der Waals surface area (Å²) in [6.45, 7) is 9.89. The lowest BCUT2D eigenvalue weighted by Crippen LogP contribution is -2.42. The molecule has 25 heavy (non-hydrogen) atoms. The maximum atomic E-state index is 12.6. The van der Waals surface area contributed by atoms with E-state index in [0.717, 1.165) is 6.42 Å². The van der Waals surface area contributed by atoms with Crippen LogP contribution in [-0.2, 0) is 14.3 Å². The van der Waals surface area contributed by atoms with Crippen LogP contribution in [0.5, 0.6) is 5.75 Å². The molecular weight excluding hydrogens is 322 g/mol. The molecule has 1 amide bonds. The molecule has 1 atom stereocenters. The van der Waals surface area contributed by atoms with Crippen LogP contribution >= 0.6 is 0 Å². The molecule has 0 saturated heterocycles. The topological polar surface area (TPSA) is 73.9 Å². The van der Waals surface area contributed by atoms with Gasteiger partial charge in [0.2, 0.25) is 0 Å². The van der Waals surface area contributed by atoms with E-state index in [2.05, 4.69) is 5.32 Å². The normalized spacial score (nSPS) is 13.2. The van der Waals surface area contributed by atoms with Crippen molar-refractivity contribution in [3.05, 3.63) is 23.8 Å². The summed E-state index contributed by atoms with van der Waals surface area (Å²) < 4.78 is 16.1. The second-order valence-electron chi connectivity index (χ2n) is 6.26. The number of esters is 1. The highest BCUT2D eigenvalue weighted by Crippen LogP contribution is 2.26. The molecule has 0 aliphatic heterocycles. The zero-order valence-corrected chi connectivity index (χ0v) is 16.0. The Bertz CT molecular complexity index is 599. The number of benzene rings is 1. The number of anilines is 1. The summed E-state index contributed by atoms with van der Waals surface area (Å²) in [5.41, 5.74) is -0.169. The van der Waals surface area contributed by atoms with Gasteiger partial charge in [-0.1, -0.05) is 13.8 Å². The maximum absolute atomic E-state index is 12.6. The average molecular weight is 351 g/mol. The van der Waals surface area contributed by atoms with E-state index >= 15 is 0 Å². The molecule has 0 saturated carbocycles. The van der Waals surface area contributed by atoms with E-state index in [9.17, 15) is 9.59 Å². The Morgan fingerprint density at radius 3 is 2.44 bits per heavy atom. The van der Waals surface area contributed by atoms with Crippen LogP contribution in [-0.4, -0.2) is 37.3 Å². The van der Waals surface area contributed by atoms with Crippen molar-refractivity contribution < 1.29 is 23.8 Å². The van der Waals surface area contributed by atoms with Gasteiger partial charge in [0.25, 0.3) is 5.91 Å². The fraction of sp³-hybridized carbons (Fsp3) is 0.579. The third-order valence-corrected chi connectivity index (χ3v) is 3.79. The molecule has 0 aliphatic rings. The van der Waals surface area contributed by atoms with Gasteiger partial charge < -0.3 is 19.5 Å². The molecule has 1 aromatic carbocycles. The molecule has 0 spiro atoms. The summed E-state index contributed by atoms with van der Waals surface area (Å²) in [6.07, 6.45) is 1.28. The molecule has 0 aromatic heterocycles. The molecule has 0 unspecified atom stereocenters. The number of amides is 1. The second kappa shape index (κ2) is 9.42.